The highest BCUT2D eigenvalue weighted by molar-refractivity contribution is 6.25. The smallest absolute Gasteiger partial charge is 0.333 e. The molecule has 2 bridgehead atoms. The highest BCUT2D eigenvalue weighted by atomic mass is 16.7. The molecule has 5 aliphatic rings. The lowest BCUT2D eigenvalue weighted by atomic mass is 9.69. The summed E-state index contributed by atoms with van der Waals surface area (Å²) in [5, 5.41) is 22.1. The molecule has 4 heterocycles. The first-order valence-electron chi connectivity index (χ1n) is 14.0. The monoisotopic (exact) mass is 575 g/mol. The molecule has 6 rings (SSSR count). The van der Waals surface area contributed by atoms with Crippen LogP contribution in [0, 0.1) is 18.3 Å². The van der Waals surface area contributed by atoms with Gasteiger partial charge in [-0.1, -0.05) is 6.08 Å². The third kappa shape index (κ3) is 3.68. The number of allylic oxidation sites excluding steroid dienone is 3. The molecule has 0 amide bonds. The number of phenols is 1. The largest absolute Gasteiger partial charge is 0.507 e. The number of hydrogen-bond donors (Lipinski definition) is 1. The maximum Gasteiger partial charge on any atom is 0.333 e. The first-order chi connectivity index (χ1) is 20.1. The lowest BCUT2D eigenvalue weighted by molar-refractivity contribution is -0.144. The Bertz CT molecular complexity index is 1580. The summed E-state index contributed by atoms with van der Waals surface area (Å²) in [7, 11) is 3.24. The minimum atomic E-state index is -0.734. The molecule has 1 N–H and O–H groups in total. The minimum Gasteiger partial charge on any atom is -0.507 e. The second-order valence-electron chi connectivity index (χ2n) is 11.4. The van der Waals surface area contributed by atoms with Gasteiger partial charge in [-0.2, -0.15) is 5.26 Å². The van der Waals surface area contributed by atoms with Gasteiger partial charge >= 0.3 is 5.97 Å². The Morgan fingerprint density at radius 2 is 1.88 bits per heavy atom. The summed E-state index contributed by atoms with van der Waals surface area (Å²) in [6.07, 6.45) is 2.11. The predicted molar refractivity (Wildman–Crippen MR) is 148 cm³/mol. The molecular weight excluding hydrogens is 542 g/mol. The average molecular weight is 576 g/mol. The van der Waals surface area contributed by atoms with Gasteiger partial charge in [-0.15, -0.1) is 0 Å². The summed E-state index contributed by atoms with van der Waals surface area (Å²) in [4.78, 5) is 44.2. The molecule has 0 radical (unpaired) electrons. The van der Waals surface area contributed by atoms with Crippen LogP contribution in [-0.2, 0) is 30.3 Å². The van der Waals surface area contributed by atoms with E-state index in [0.29, 0.717) is 44.9 Å². The van der Waals surface area contributed by atoms with E-state index in [0.717, 1.165) is 0 Å². The summed E-state index contributed by atoms with van der Waals surface area (Å²) >= 11 is 0. The molecule has 5 atom stereocenters. The molecule has 1 aromatic rings. The zero-order valence-electron chi connectivity index (χ0n) is 24.4. The normalized spacial score (nSPS) is 28.7. The van der Waals surface area contributed by atoms with E-state index < -0.39 is 36.2 Å². The number of likely N-dealkylation sites (N-methyl/N-ethyl adjacent to an activating group) is 1. The van der Waals surface area contributed by atoms with Crippen molar-refractivity contribution in [1.82, 2.24) is 9.80 Å². The predicted octanol–water partition coefficient (Wildman–Crippen LogP) is 2.55. The van der Waals surface area contributed by atoms with Gasteiger partial charge in [-0.25, -0.2) is 4.79 Å². The van der Waals surface area contributed by atoms with Gasteiger partial charge in [0, 0.05) is 51.1 Å². The van der Waals surface area contributed by atoms with Crippen molar-refractivity contribution in [2.24, 2.45) is 0 Å². The first kappa shape index (κ1) is 28.0. The quantitative estimate of drug-likeness (QED) is 0.322. The summed E-state index contributed by atoms with van der Waals surface area (Å²) in [5.41, 5.74) is 3.15. The number of nitriles is 1. The highest BCUT2D eigenvalue weighted by Crippen LogP contribution is 2.56. The first-order valence-corrected chi connectivity index (χ1v) is 14.0. The number of phenolic OH excluding ortho intramolecular Hbond substituents is 1. The fourth-order valence-electron chi connectivity index (χ4n) is 7.40. The van der Waals surface area contributed by atoms with Crippen LogP contribution >= 0.6 is 0 Å². The van der Waals surface area contributed by atoms with Crippen molar-refractivity contribution in [3.63, 3.8) is 0 Å². The number of carbonyl (C=O) groups is 3. The van der Waals surface area contributed by atoms with Gasteiger partial charge in [0.1, 0.15) is 18.4 Å². The van der Waals surface area contributed by atoms with Crippen LogP contribution in [0.1, 0.15) is 49.9 Å². The molecule has 0 spiro atoms. The zero-order valence-corrected chi connectivity index (χ0v) is 24.4. The molecule has 1 aliphatic carbocycles. The molecule has 0 aromatic heterocycles. The van der Waals surface area contributed by atoms with E-state index in [4.69, 9.17) is 18.9 Å². The van der Waals surface area contributed by atoms with E-state index in [1.54, 1.807) is 33.8 Å². The summed E-state index contributed by atoms with van der Waals surface area (Å²) in [5.74, 6) is -0.191. The third-order valence-corrected chi connectivity index (χ3v) is 9.57. The lowest BCUT2D eigenvalue weighted by Crippen LogP contribution is -2.72. The number of aromatic hydroxyl groups is 1. The third-order valence-electron chi connectivity index (χ3n) is 9.57. The van der Waals surface area contributed by atoms with E-state index in [2.05, 4.69) is 6.07 Å². The molecular formula is C31H33N3O8. The van der Waals surface area contributed by atoms with Crippen molar-refractivity contribution in [2.75, 3.05) is 27.6 Å². The molecule has 11 heteroatoms. The molecule has 1 aromatic carbocycles. The Balaban J connectivity index is 1.56. The van der Waals surface area contributed by atoms with Crippen LogP contribution in [0.3, 0.4) is 0 Å². The van der Waals surface area contributed by atoms with E-state index in [1.807, 2.05) is 16.8 Å². The topological polar surface area (TPSA) is 139 Å². The maximum atomic E-state index is 13.9. The number of nitrogens with zero attached hydrogens (tertiary/aromatic N) is 3. The van der Waals surface area contributed by atoms with Crippen LogP contribution in [0.2, 0.25) is 0 Å². The Morgan fingerprint density at radius 3 is 2.55 bits per heavy atom. The lowest BCUT2D eigenvalue weighted by Gasteiger charge is -2.60. The summed E-state index contributed by atoms with van der Waals surface area (Å²) in [6.45, 7) is 6.56. The summed E-state index contributed by atoms with van der Waals surface area (Å²) in [6, 6.07) is -0.520. The van der Waals surface area contributed by atoms with Crippen LogP contribution in [0.4, 0.5) is 0 Å². The second-order valence-corrected chi connectivity index (χ2v) is 11.4. The van der Waals surface area contributed by atoms with Crippen LogP contribution in [-0.4, -0.2) is 84.2 Å². The number of methoxy groups -OCH3 is 1. The number of esters is 1. The van der Waals surface area contributed by atoms with Crippen molar-refractivity contribution in [1.29, 1.82) is 5.26 Å². The molecule has 0 saturated carbocycles. The van der Waals surface area contributed by atoms with E-state index in [9.17, 15) is 24.8 Å². The Morgan fingerprint density at radius 1 is 1.17 bits per heavy atom. The number of Topliss-reactive ketones (excluding diaryl/α,β-unsaturated/α-hetero) is 2. The standard InChI is InChI=1S/C31H33N3O8/c1-7-13(2)31(38)40-11-21-22-16(26(36)15(4)29-30(22)42-12-41-29)9-19-24-23-17(25(35)14(3)28(39-6)27(23)37)8-18(33(24)5)20(10-32)34(19)21/h7,18-21,24,36H,8-9,11-12H2,1-6H3/t18-,19-,20-,21-,24-/m0/s1. The second kappa shape index (κ2) is 10.00. The van der Waals surface area contributed by atoms with Gasteiger partial charge in [-0.3, -0.25) is 19.4 Å². The number of hydrogen-bond acceptors (Lipinski definition) is 11. The number of fused-ring (bicyclic) bond motifs is 8. The number of ether oxygens (including phenoxy) is 4. The molecule has 11 nitrogen and oxygen atoms in total. The van der Waals surface area contributed by atoms with Gasteiger partial charge in [0.15, 0.2) is 23.0 Å². The van der Waals surface area contributed by atoms with E-state index in [-0.39, 0.29) is 54.9 Å². The Kier molecular flexibility index (Phi) is 6.66. The number of carbonyl (C=O) groups excluding carboxylic acids is 3. The van der Waals surface area contributed by atoms with E-state index in [1.165, 1.54) is 7.11 Å². The number of rotatable bonds is 4. The van der Waals surface area contributed by atoms with Gasteiger partial charge in [0.25, 0.3) is 0 Å². The molecule has 1 fully saturated rings. The van der Waals surface area contributed by atoms with Gasteiger partial charge in [-0.05, 0) is 47.6 Å². The van der Waals surface area contributed by atoms with Gasteiger partial charge < -0.3 is 24.1 Å². The van der Waals surface area contributed by atoms with Crippen molar-refractivity contribution in [2.45, 2.75) is 70.7 Å². The Hall–Kier alpha value is -4.14. The van der Waals surface area contributed by atoms with Crippen molar-refractivity contribution in [3.05, 3.63) is 50.8 Å². The van der Waals surface area contributed by atoms with Crippen LogP contribution in [0.25, 0.3) is 0 Å². The Labute approximate surface area is 243 Å². The van der Waals surface area contributed by atoms with Crippen LogP contribution < -0.4 is 9.47 Å². The fourth-order valence-corrected chi connectivity index (χ4v) is 7.40. The minimum absolute atomic E-state index is 0.0186. The number of benzene rings is 1. The zero-order chi connectivity index (χ0) is 30.2. The summed E-state index contributed by atoms with van der Waals surface area (Å²) < 4.78 is 22.8. The SMILES string of the molecule is CC=C(C)C(=O)OC[C@H]1c2c(c(O)c(C)c3c2OCO3)C[C@H]2[C@H]3C4=C(C[C@@H]([C@H](C#N)N12)N3C)C(=O)C(C)=C(OC)C4=O. The van der Waals surface area contributed by atoms with Crippen molar-refractivity contribution >= 4 is 17.5 Å². The van der Waals surface area contributed by atoms with Gasteiger partial charge in [0.2, 0.25) is 12.6 Å². The van der Waals surface area contributed by atoms with Crippen LogP contribution in [0.15, 0.2) is 34.1 Å². The fraction of sp³-hybridized carbons (Fsp3) is 0.484. The number of ketones is 2. The molecule has 0 unspecified atom stereocenters. The van der Waals surface area contributed by atoms with Crippen molar-refractivity contribution < 1.29 is 38.4 Å². The molecule has 42 heavy (non-hydrogen) atoms. The highest BCUT2D eigenvalue weighted by Gasteiger charge is 2.59. The average Bonchev–Trinajstić information content (AvgIpc) is 3.47. The number of piperazine rings is 1. The van der Waals surface area contributed by atoms with Crippen LogP contribution in [0.5, 0.6) is 17.2 Å². The van der Waals surface area contributed by atoms with E-state index >= 15 is 0 Å². The molecule has 220 valence electrons. The molecule has 4 aliphatic heterocycles. The maximum absolute atomic E-state index is 13.9. The van der Waals surface area contributed by atoms with Crippen molar-refractivity contribution in [3.8, 4) is 23.3 Å². The van der Waals surface area contributed by atoms with Gasteiger partial charge in [0.05, 0.1) is 25.3 Å². The molecule has 1 saturated heterocycles.